The van der Waals surface area contributed by atoms with Gasteiger partial charge in [-0.2, -0.15) is 10.2 Å². The topological polar surface area (TPSA) is 90.2 Å². The Kier molecular flexibility index (Phi) is 19.1. The molecule has 0 aromatic carbocycles. The Balaban J connectivity index is 1.41. The van der Waals surface area contributed by atoms with Crippen molar-refractivity contribution in [2.24, 2.45) is 0 Å². The highest BCUT2D eigenvalue weighted by atomic mass is 15.2. The molecule has 3 aromatic rings. The fourth-order valence-electron chi connectivity index (χ4n) is 3.40. The Morgan fingerprint density at radius 2 is 0.905 bits per heavy atom. The Morgan fingerprint density at radius 3 is 1.33 bits per heavy atom. The molecule has 168 valence electrons. The lowest BCUT2D eigenvalue weighted by molar-refractivity contribution is 0.893. The smallest absolute Gasteiger partial charge is 0.200 e. The third-order valence-corrected chi connectivity index (χ3v) is 5.39. The van der Waals surface area contributed by atoms with Gasteiger partial charge >= 0.3 is 0 Å². The lowest BCUT2D eigenvalue weighted by Gasteiger charge is -2.05. The number of hydrogen-bond acceptors (Lipinski definition) is 7. The summed E-state index contributed by atoms with van der Waals surface area (Å²) in [5.74, 6) is 0.911. The molecule has 0 saturated heterocycles. The predicted molar refractivity (Wildman–Crippen MR) is 194 cm³/mol. The van der Waals surface area contributed by atoms with E-state index in [1.54, 1.807) is 26.5 Å². The minimum absolute atomic E-state index is 0.456. The van der Waals surface area contributed by atoms with Gasteiger partial charge in [-0.05, 0) is 25.0 Å². The first-order valence-corrected chi connectivity index (χ1v) is 13.6. The molecular formula is C15H13B20N7. The molecule has 0 spiro atoms. The highest BCUT2D eigenvalue weighted by molar-refractivity contribution is 7.69. The lowest BCUT2D eigenvalue weighted by atomic mass is 8.89. The molecule has 0 aliphatic carbocycles. The van der Waals surface area contributed by atoms with E-state index in [0.29, 0.717) is 23.0 Å². The minimum Gasteiger partial charge on any atom is -0.241 e. The van der Waals surface area contributed by atoms with Crippen LogP contribution in [0.15, 0.2) is 30.6 Å². The molecule has 0 saturated carbocycles. The van der Waals surface area contributed by atoms with Crippen molar-refractivity contribution < 1.29 is 0 Å². The van der Waals surface area contributed by atoms with Crippen molar-refractivity contribution in [3.05, 3.63) is 42.0 Å². The van der Waals surface area contributed by atoms with Gasteiger partial charge in [0.1, 0.15) is 11.4 Å². The Hall–Kier alpha value is -1.53. The zero-order chi connectivity index (χ0) is 29.5. The molecule has 0 N–H and O–H groups in total. The van der Waals surface area contributed by atoms with Gasteiger partial charge in [0.2, 0.25) is 11.6 Å². The van der Waals surface area contributed by atoms with Crippen molar-refractivity contribution in [1.29, 1.82) is 0 Å². The van der Waals surface area contributed by atoms with E-state index in [-0.39, 0.29) is 0 Å². The van der Waals surface area contributed by atoms with E-state index in [2.05, 4.69) is 44.7 Å². The molecule has 22 radical (unpaired) electrons. The van der Waals surface area contributed by atoms with Crippen molar-refractivity contribution in [3.8, 4) is 23.0 Å². The van der Waals surface area contributed by atoms with Crippen LogP contribution in [0.25, 0.3) is 23.0 Å². The predicted octanol–water partition coefficient (Wildman–Crippen LogP) is -5.81. The highest BCUT2D eigenvalue weighted by Crippen LogP contribution is 2.17. The van der Waals surface area contributed by atoms with E-state index >= 15 is 0 Å². The molecule has 3 aromatic heterocycles. The first-order valence-electron chi connectivity index (χ1n) is 13.6. The van der Waals surface area contributed by atoms with Gasteiger partial charge in [-0.1, -0.05) is 18.7 Å². The number of aromatic nitrogens is 7. The van der Waals surface area contributed by atoms with Crippen molar-refractivity contribution in [1.82, 2.24) is 35.3 Å². The highest BCUT2D eigenvalue weighted by Gasteiger charge is 2.11. The van der Waals surface area contributed by atoms with Gasteiger partial charge in [0.05, 0.1) is 38.1 Å². The van der Waals surface area contributed by atoms with E-state index in [0.717, 1.165) is 36.9 Å². The molecule has 27 heteroatoms. The lowest BCUT2D eigenvalue weighted by Crippen LogP contribution is -2.31. The van der Waals surface area contributed by atoms with E-state index in [4.69, 9.17) is 20.5 Å². The van der Waals surface area contributed by atoms with Crippen molar-refractivity contribution in [2.45, 2.75) is 25.5 Å². The summed E-state index contributed by atoms with van der Waals surface area (Å²) in [6, 6.07) is 5.58. The maximum Gasteiger partial charge on any atom is 0.200 e. The third-order valence-electron chi connectivity index (χ3n) is 5.39. The van der Waals surface area contributed by atoms with E-state index in [9.17, 15) is 0 Å². The van der Waals surface area contributed by atoms with E-state index in [1.165, 1.54) is 14.1 Å². The summed E-state index contributed by atoms with van der Waals surface area (Å²) in [5, 5.41) is 16.6. The molecule has 0 aliphatic heterocycles. The van der Waals surface area contributed by atoms with Crippen LogP contribution in [0.1, 0.15) is 11.4 Å². The summed E-state index contributed by atoms with van der Waals surface area (Å²) in [6.07, 6.45) is 6.47. The molecule has 0 fully saturated rings. The number of pyridine rings is 1. The quantitative estimate of drug-likeness (QED) is 0.0882. The van der Waals surface area contributed by atoms with Crippen molar-refractivity contribution in [2.75, 3.05) is 0 Å². The number of rotatable bonds is 24. The van der Waals surface area contributed by atoms with Gasteiger partial charge in [0, 0.05) is 128 Å². The van der Waals surface area contributed by atoms with Gasteiger partial charge < -0.3 is 0 Å². The fourth-order valence-corrected chi connectivity index (χ4v) is 3.40. The SMILES string of the molecule is [B][B][B][B][B][B][B][B][B][B]CCc1cnnc(-c2cccc(-c3nncc(CC[B][B][B][B][B][B][B][B][B][B])n3)n2)n1. The van der Waals surface area contributed by atoms with Crippen LogP contribution in [0, 0.1) is 0 Å². The second-order valence-corrected chi connectivity index (χ2v) is 8.58. The average Bonchev–Trinajstić information content (AvgIpc) is 3.03. The van der Waals surface area contributed by atoms with Gasteiger partial charge in [-0.25, -0.2) is 15.0 Å². The van der Waals surface area contributed by atoms with Crippen LogP contribution >= 0.6 is 0 Å². The number of hydrogen-bond donors (Lipinski definition) is 0. The summed E-state index contributed by atoms with van der Waals surface area (Å²) >= 11 is 0. The maximum atomic E-state index is 5.28. The second kappa shape index (κ2) is 22.9. The third kappa shape index (κ3) is 14.8. The van der Waals surface area contributed by atoms with E-state index < -0.39 is 0 Å². The molecule has 0 unspecified atom stereocenters. The van der Waals surface area contributed by atoms with Crippen LogP contribution in [-0.4, -0.2) is 178 Å². The summed E-state index contributed by atoms with van der Waals surface area (Å²) < 4.78 is 0. The van der Waals surface area contributed by atoms with Gasteiger partial charge in [-0.15, -0.1) is 10.2 Å². The van der Waals surface area contributed by atoms with Crippen LogP contribution in [0.3, 0.4) is 0 Å². The largest absolute Gasteiger partial charge is 0.241 e. The molecule has 0 atom stereocenters. The summed E-state index contributed by atoms with van der Waals surface area (Å²) in [4.78, 5) is 14.0. The zero-order valence-electron chi connectivity index (χ0n) is 23.4. The Bertz CT molecular complexity index is 1060. The van der Waals surface area contributed by atoms with Crippen molar-refractivity contribution in [3.63, 3.8) is 0 Å². The Morgan fingerprint density at radius 1 is 0.500 bits per heavy atom. The summed E-state index contributed by atoms with van der Waals surface area (Å²) in [7, 11) is 44.5. The molecule has 0 bridgehead atoms. The van der Waals surface area contributed by atoms with Crippen LogP contribution in [0.5, 0.6) is 0 Å². The molecule has 7 nitrogen and oxygen atoms in total. The fraction of sp³-hybridized carbons (Fsp3) is 0.267. The van der Waals surface area contributed by atoms with Crippen LogP contribution < -0.4 is 0 Å². The van der Waals surface area contributed by atoms with Crippen molar-refractivity contribution >= 4 is 143 Å². The van der Waals surface area contributed by atoms with Crippen LogP contribution in [0.2, 0.25) is 12.6 Å². The zero-order valence-corrected chi connectivity index (χ0v) is 23.4. The average molecular weight is 508 g/mol. The van der Waals surface area contributed by atoms with Gasteiger partial charge in [0.15, 0.2) is 0 Å². The number of nitrogens with zero attached hydrogens (tertiary/aromatic N) is 7. The molecule has 0 amide bonds. The number of aryl methyl sites for hydroxylation is 2. The maximum absolute atomic E-state index is 5.28. The summed E-state index contributed by atoms with van der Waals surface area (Å²) in [6.45, 7) is 0. The van der Waals surface area contributed by atoms with E-state index in [1.807, 2.05) is 103 Å². The van der Waals surface area contributed by atoms with Gasteiger partial charge in [-0.3, -0.25) is 0 Å². The minimum atomic E-state index is 0.456. The van der Waals surface area contributed by atoms with Crippen LogP contribution in [-0.2, 0) is 12.8 Å². The normalized spacial score (nSPS) is 9.52. The molecule has 0 aliphatic rings. The molecule has 3 rings (SSSR count). The Labute approximate surface area is 267 Å². The van der Waals surface area contributed by atoms with Gasteiger partial charge in [0.25, 0.3) is 0 Å². The first kappa shape index (κ1) is 35.0. The molecule has 42 heavy (non-hydrogen) atoms. The first-order chi connectivity index (χ1) is 20.8. The monoisotopic (exact) mass is 511 g/mol. The van der Waals surface area contributed by atoms with Crippen LogP contribution in [0.4, 0.5) is 0 Å². The second-order valence-electron chi connectivity index (χ2n) is 8.58. The molecular weight excluding hydrogens is 494 g/mol. The standard InChI is InChI=1S/C15H13B20N7/c16-20-24-28-32-34-30-26-22-18-6-4-10-8-36-41-14(38-10)12-2-1-3-13(40-12)15-39-11(9-37-42-15)5-7-19-23-27-31-35-33-29-25-21-17/h1-3,8-9H,4-7H2. The summed E-state index contributed by atoms with van der Waals surface area (Å²) in [5.41, 5.74) is 2.88. The molecule has 3 heterocycles.